The minimum absolute atomic E-state index is 0.0272. The predicted octanol–water partition coefficient (Wildman–Crippen LogP) is 2.62. The summed E-state index contributed by atoms with van der Waals surface area (Å²) in [7, 11) is 0. The summed E-state index contributed by atoms with van der Waals surface area (Å²) in [5.41, 5.74) is 1.51. The van der Waals surface area contributed by atoms with Crippen LogP contribution in [-0.4, -0.2) is 16.0 Å². The first-order valence-electron chi connectivity index (χ1n) is 4.28. The molecule has 0 unspecified atom stereocenters. The van der Waals surface area contributed by atoms with E-state index in [0.29, 0.717) is 16.3 Å². The van der Waals surface area contributed by atoms with Gasteiger partial charge in [0.05, 0.1) is 16.7 Å². The average Bonchev–Trinajstić information content (AvgIpc) is 2.65. The van der Waals surface area contributed by atoms with E-state index in [4.69, 9.17) is 11.6 Å². The highest BCUT2D eigenvalue weighted by molar-refractivity contribution is 7.14. The topological polar surface area (TPSA) is 42.9 Å². The van der Waals surface area contributed by atoms with Gasteiger partial charge in [-0.25, -0.2) is 0 Å². The molecule has 15 heavy (non-hydrogen) atoms. The van der Waals surface area contributed by atoms with E-state index in [0.717, 1.165) is 5.56 Å². The molecular formula is C10H7ClN2OS. The minimum Gasteiger partial charge on any atom is -0.294 e. The quantitative estimate of drug-likeness (QED) is 0.772. The Hall–Kier alpha value is -1.26. The van der Waals surface area contributed by atoms with Gasteiger partial charge in [0, 0.05) is 12.0 Å². The van der Waals surface area contributed by atoms with E-state index < -0.39 is 0 Å². The lowest BCUT2D eigenvalue weighted by Crippen LogP contribution is -2.03. The number of ketones is 1. The maximum absolute atomic E-state index is 11.7. The molecule has 0 aliphatic heterocycles. The SMILES string of the molecule is O=C(Cc1csc(Cl)c1)c1ccnnc1. The predicted molar refractivity (Wildman–Crippen MR) is 59.4 cm³/mol. The number of halogens is 1. The summed E-state index contributed by atoms with van der Waals surface area (Å²) in [5.74, 6) is 0.0272. The molecule has 76 valence electrons. The molecule has 2 rings (SSSR count). The Balaban J connectivity index is 2.11. The Morgan fingerprint density at radius 2 is 2.33 bits per heavy atom. The Kier molecular flexibility index (Phi) is 3.08. The minimum atomic E-state index is 0.0272. The normalized spacial score (nSPS) is 10.2. The smallest absolute Gasteiger partial charge is 0.168 e. The van der Waals surface area contributed by atoms with Gasteiger partial charge < -0.3 is 0 Å². The van der Waals surface area contributed by atoms with Gasteiger partial charge in [-0.15, -0.1) is 11.3 Å². The van der Waals surface area contributed by atoms with E-state index in [-0.39, 0.29) is 5.78 Å². The van der Waals surface area contributed by atoms with Crippen LogP contribution in [0.3, 0.4) is 0 Å². The molecule has 0 fully saturated rings. The van der Waals surface area contributed by atoms with Crippen molar-refractivity contribution in [2.24, 2.45) is 0 Å². The summed E-state index contributed by atoms with van der Waals surface area (Å²) in [6.45, 7) is 0. The van der Waals surface area contributed by atoms with E-state index in [9.17, 15) is 4.79 Å². The number of aromatic nitrogens is 2. The van der Waals surface area contributed by atoms with Crippen LogP contribution in [0.25, 0.3) is 0 Å². The van der Waals surface area contributed by atoms with Gasteiger partial charge >= 0.3 is 0 Å². The molecule has 3 nitrogen and oxygen atoms in total. The van der Waals surface area contributed by atoms with Crippen molar-refractivity contribution in [2.45, 2.75) is 6.42 Å². The summed E-state index contributed by atoms with van der Waals surface area (Å²) < 4.78 is 0.700. The van der Waals surface area contributed by atoms with Crippen molar-refractivity contribution in [3.8, 4) is 0 Å². The number of carbonyl (C=O) groups is 1. The third-order valence-electron chi connectivity index (χ3n) is 1.89. The van der Waals surface area contributed by atoms with Crippen LogP contribution in [-0.2, 0) is 6.42 Å². The third kappa shape index (κ3) is 2.61. The lowest BCUT2D eigenvalue weighted by atomic mass is 10.1. The number of hydrogen-bond acceptors (Lipinski definition) is 4. The van der Waals surface area contributed by atoms with Crippen molar-refractivity contribution in [1.29, 1.82) is 0 Å². The first-order valence-corrected chi connectivity index (χ1v) is 5.54. The maximum atomic E-state index is 11.7. The van der Waals surface area contributed by atoms with Crippen LogP contribution in [0.4, 0.5) is 0 Å². The molecular weight excluding hydrogens is 232 g/mol. The van der Waals surface area contributed by atoms with Crippen LogP contribution >= 0.6 is 22.9 Å². The van der Waals surface area contributed by atoms with E-state index in [1.54, 1.807) is 12.1 Å². The zero-order valence-corrected chi connectivity index (χ0v) is 9.26. The molecule has 5 heteroatoms. The molecule has 2 aromatic heterocycles. The largest absolute Gasteiger partial charge is 0.294 e. The highest BCUT2D eigenvalue weighted by Crippen LogP contribution is 2.20. The average molecular weight is 239 g/mol. The third-order valence-corrected chi connectivity index (χ3v) is 3.03. The summed E-state index contributed by atoms with van der Waals surface area (Å²) in [5, 5.41) is 9.16. The molecule has 2 aromatic rings. The molecule has 0 N–H and O–H groups in total. The second-order valence-corrected chi connectivity index (χ2v) is 4.53. The number of thiophene rings is 1. The van der Waals surface area contributed by atoms with Gasteiger partial charge in [0.1, 0.15) is 0 Å². The fourth-order valence-electron chi connectivity index (χ4n) is 1.18. The fourth-order valence-corrected chi connectivity index (χ4v) is 2.09. The molecule has 0 aliphatic rings. The van der Waals surface area contributed by atoms with E-state index >= 15 is 0 Å². The first-order chi connectivity index (χ1) is 7.25. The first kappa shape index (κ1) is 10.3. The van der Waals surface area contributed by atoms with Gasteiger partial charge in [-0.3, -0.25) is 4.79 Å². The van der Waals surface area contributed by atoms with Crippen LogP contribution in [0.5, 0.6) is 0 Å². The van der Waals surface area contributed by atoms with Crippen LogP contribution in [0.15, 0.2) is 29.9 Å². The van der Waals surface area contributed by atoms with Crippen molar-refractivity contribution in [3.63, 3.8) is 0 Å². The molecule has 2 heterocycles. The zero-order valence-electron chi connectivity index (χ0n) is 7.68. The molecule has 0 saturated carbocycles. The zero-order chi connectivity index (χ0) is 10.7. The monoisotopic (exact) mass is 238 g/mol. The van der Waals surface area contributed by atoms with E-state index in [1.165, 1.54) is 23.7 Å². The molecule has 0 aromatic carbocycles. The van der Waals surface area contributed by atoms with Crippen molar-refractivity contribution in [3.05, 3.63) is 45.4 Å². The van der Waals surface area contributed by atoms with Crippen LogP contribution in [0.1, 0.15) is 15.9 Å². The van der Waals surface area contributed by atoms with Crippen molar-refractivity contribution < 1.29 is 4.79 Å². The van der Waals surface area contributed by atoms with E-state index in [1.807, 2.05) is 5.38 Å². The Morgan fingerprint density at radius 1 is 1.47 bits per heavy atom. The lowest BCUT2D eigenvalue weighted by Gasteiger charge is -1.96. The summed E-state index contributed by atoms with van der Waals surface area (Å²) in [6, 6.07) is 3.46. The fraction of sp³-hybridized carbons (Fsp3) is 0.100. The number of nitrogens with zero attached hydrogens (tertiary/aromatic N) is 2. The number of hydrogen-bond donors (Lipinski definition) is 0. The molecule has 0 saturated heterocycles. The Morgan fingerprint density at radius 3 is 2.93 bits per heavy atom. The number of Topliss-reactive ketones (excluding diaryl/α,β-unsaturated/α-hetero) is 1. The van der Waals surface area contributed by atoms with E-state index in [2.05, 4.69) is 10.2 Å². The number of rotatable bonds is 3. The molecule has 0 bridgehead atoms. The summed E-state index contributed by atoms with van der Waals surface area (Å²) in [4.78, 5) is 11.7. The van der Waals surface area contributed by atoms with Crippen molar-refractivity contribution in [1.82, 2.24) is 10.2 Å². The van der Waals surface area contributed by atoms with Crippen LogP contribution in [0, 0.1) is 0 Å². The second kappa shape index (κ2) is 4.51. The highest BCUT2D eigenvalue weighted by atomic mass is 35.5. The van der Waals surface area contributed by atoms with Crippen molar-refractivity contribution >= 4 is 28.7 Å². The Labute approximate surface area is 95.7 Å². The molecule has 0 spiro atoms. The van der Waals surface area contributed by atoms with Gasteiger partial charge in [0.25, 0.3) is 0 Å². The molecule has 0 aliphatic carbocycles. The lowest BCUT2D eigenvalue weighted by molar-refractivity contribution is 0.0992. The van der Waals surface area contributed by atoms with Gasteiger partial charge in [0.15, 0.2) is 5.78 Å². The van der Waals surface area contributed by atoms with Crippen LogP contribution < -0.4 is 0 Å². The molecule has 0 radical (unpaired) electrons. The highest BCUT2D eigenvalue weighted by Gasteiger charge is 2.08. The van der Waals surface area contributed by atoms with Crippen molar-refractivity contribution in [2.75, 3.05) is 0 Å². The second-order valence-electron chi connectivity index (χ2n) is 2.99. The Bertz CT molecular complexity index is 469. The van der Waals surface area contributed by atoms with Gasteiger partial charge in [-0.1, -0.05) is 11.6 Å². The maximum Gasteiger partial charge on any atom is 0.168 e. The van der Waals surface area contributed by atoms with Gasteiger partial charge in [0.2, 0.25) is 0 Å². The summed E-state index contributed by atoms with van der Waals surface area (Å²) >= 11 is 7.20. The summed E-state index contributed by atoms with van der Waals surface area (Å²) in [6.07, 6.45) is 3.33. The van der Waals surface area contributed by atoms with Gasteiger partial charge in [-0.05, 0) is 23.1 Å². The molecule has 0 atom stereocenters. The van der Waals surface area contributed by atoms with Gasteiger partial charge in [-0.2, -0.15) is 10.2 Å². The number of carbonyl (C=O) groups excluding carboxylic acids is 1. The van der Waals surface area contributed by atoms with Crippen LogP contribution in [0.2, 0.25) is 4.34 Å². The standard InChI is InChI=1S/C10H7ClN2OS/c11-10-4-7(6-15-10)3-9(14)8-1-2-12-13-5-8/h1-2,4-6H,3H2. The molecule has 0 amide bonds.